The molecule has 0 radical (unpaired) electrons. The Morgan fingerprint density at radius 2 is 2.04 bits per heavy atom. The van der Waals surface area contributed by atoms with Crippen molar-refractivity contribution in [3.8, 4) is 17.1 Å². The summed E-state index contributed by atoms with van der Waals surface area (Å²) >= 11 is 0. The number of fused-ring (bicyclic) bond motifs is 1. The van der Waals surface area contributed by atoms with Crippen LogP contribution in [-0.4, -0.2) is 37.7 Å². The number of hydrogen-bond donors (Lipinski definition) is 1. The van der Waals surface area contributed by atoms with Gasteiger partial charge in [0.25, 0.3) is 0 Å². The molecule has 0 bridgehead atoms. The molecule has 140 valence electrons. The third-order valence-corrected chi connectivity index (χ3v) is 4.05. The zero-order chi connectivity index (χ0) is 19.0. The van der Waals surface area contributed by atoms with Gasteiger partial charge in [-0.05, 0) is 12.1 Å². The minimum Gasteiger partial charge on any atom is -0.486 e. The van der Waals surface area contributed by atoms with Gasteiger partial charge >= 0.3 is 6.18 Å². The van der Waals surface area contributed by atoms with E-state index in [4.69, 9.17) is 4.74 Å². The average molecular weight is 376 g/mol. The van der Waals surface area contributed by atoms with Gasteiger partial charge in [-0.2, -0.15) is 13.2 Å². The number of hydrogen-bond acceptors (Lipinski definition) is 6. The number of pyridine rings is 1. The number of halogens is 3. The predicted octanol–water partition coefficient (Wildman–Crippen LogP) is 2.69. The lowest BCUT2D eigenvalue weighted by Crippen LogP contribution is -2.20. The maximum atomic E-state index is 12.8. The molecule has 1 aliphatic rings. The summed E-state index contributed by atoms with van der Waals surface area (Å²) < 4.78 is 45.2. The minimum atomic E-state index is -4.48. The summed E-state index contributed by atoms with van der Waals surface area (Å²) in [5.74, 6) is 2.04. The lowest BCUT2D eigenvalue weighted by atomic mass is 10.2. The molecule has 0 saturated carbocycles. The molecule has 0 aliphatic carbocycles. The van der Waals surface area contributed by atoms with Gasteiger partial charge in [-0.3, -0.25) is 4.98 Å². The van der Waals surface area contributed by atoms with Crippen molar-refractivity contribution in [1.82, 2.24) is 24.5 Å². The Morgan fingerprint density at radius 1 is 1.19 bits per heavy atom. The summed E-state index contributed by atoms with van der Waals surface area (Å²) in [7, 11) is 1.52. The van der Waals surface area contributed by atoms with E-state index in [0.29, 0.717) is 48.2 Å². The molecule has 3 aromatic heterocycles. The van der Waals surface area contributed by atoms with Crippen LogP contribution < -0.4 is 10.1 Å². The smallest absolute Gasteiger partial charge is 0.434 e. The van der Waals surface area contributed by atoms with Gasteiger partial charge in [0.2, 0.25) is 0 Å². The first-order chi connectivity index (χ1) is 12.9. The number of alkyl halides is 3. The van der Waals surface area contributed by atoms with E-state index in [2.05, 4.69) is 25.3 Å². The van der Waals surface area contributed by atoms with Gasteiger partial charge in [-0.15, -0.1) is 0 Å². The number of imidazole rings is 1. The number of ether oxygens (including phenoxy) is 1. The van der Waals surface area contributed by atoms with Crippen molar-refractivity contribution in [2.24, 2.45) is 7.05 Å². The van der Waals surface area contributed by atoms with E-state index in [1.807, 2.05) is 0 Å². The van der Waals surface area contributed by atoms with Crippen molar-refractivity contribution < 1.29 is 17.9 Å². The topological polar surface area (TPSA) is 77.8 Å². The largest absolute Gasteiger partial charge is 0.486 e. The fraction of sp³-hybridized carbons (Fsp3) is 0.294. The summed E-state index contributed by atoms with van der Waals surface area (Å²) in [5, 5.41) is 3.14. The summed E-state index contributed by atoms with van der Waals surface area (Å²) in [6.07, 6.45) is -0.0177. The van der Waals surface area contributed by atoms with E-state index in [0.717, 1.165) is 6.20 Å². The number of anilines is 1. The Labute approximate surface area is 152 Å². The van der Waals surface area contributed by atoms with Crippen LogP contribution in [0.4, 0.5) is 19.0 Å². The van der Waals surface area contributed by atoms with Crippen molar-refractivity contribution >= 4 is 5.82 Å². The van der Waals surface area contributed by atoms with Crippen molar-refractivity contribution in [1.29, 1.82) is 0 Å². The van der Waals surface area contributed by atoms with Crippen LogP contribution in [0.25, 0.3) is 11.4 Å². The van der Waals surface area contributed by atoms with Crippen molar-refractivity contribution in [3.63, 3.8) is 0 Å². The monoisotopic (exact) mass is 376 g/mol. The highest BCUT2D eigenvalue weighted by Crippen LogP contribution is 2.30. The molecule has 4 rings (SSSR count). The van der Waals surface area contributed by atoms with E-state index in [9.17, 15) is 13.2 Å². The molecule has 10 heteroatoms. The molecule has 0 unspecified atom stereocenters. The van der Waals surface area contributed by atoms with E-state index in [-0.39, 0.29) is 5.82 Å². The normalized spacial score (nSPS) is 13.6. The first kappa shape index (κ1) is 17.3. The molecule has 1 N–H and O–H groups in total. The van der Waals surface area contributed by atoms with Gasteiger partial charge < -0.3 is 14.6 Å². The maximum Gasteiger partial charge on any atom is 0.434 e. The van der Waals surface area contributed by atoms with E-state index in [1.54, 1.807) is 18.3 Å². The fourth-order valence-corrected chi connectivity index (χ4v) is 2.75. The van der Waals surface area contributed by atoms with E-state index < -0.39 is 11.9 Å². The van der Waals surface area contributed by atoms with Gasteiger partial charge in [-0.1, -0.05) is 0 Å². The van der Waals surface area contributed by atoms with Gasteiger partial charge in [0.15, 0.2) is 17.3 Å². The summed E-state index contributed by atoms with van der Waals surface area (Å²) in [6.45, 7) is 1.25. The molecule has 0 fully saturated rings. The quantitative estimate of drug-likeness (QED) is 0.757. The summed E-state index contributed by atoms with van der Waals surface area (Å²) in [4.78, 5) is 16.6. The molecule has 27 heavy (non-hydrogen) atoms. The highest BCUT2D eigenvalue weighted by molar-refractivity contribution is 5.55. The van der Waals surface area contributed by atoms with Gasteiger partial charge in [0.05, 0.1) is 19.2 Å². The predicted molar refractivity (Wildman–Crippen MR) is 90.3 cm³/mol. The molecule has 1 aliphatic heterocycles. The standard InChI is InChI=1S/C17H15F3N6O/c1-26-9-13(17(18,19)20)24-16(26)10-2-3-11(22-7-10)6-14-23-8-12-15(25-14)21-4-5-27-12/h2-3,7-9H,4-6H2,1H3,(H,21,23,25). The maximum absolute atomic E-state index is 12.8. The van der Waals surface area contributed by atoms with Crippen LogP contribution in [0.5, 0.6) is 5.75 Å². The van der Waals surface area contributed by atoms with Crippen LogP contribution in [0.1, 0.15) is 17.2 Å². The SMILES string of the molecule is Cn1cc(C(F)(F)F)nc1-c1ccc(Cc2ncc3c(n2)NCCO3)nc1. The Hall–Kier alpha value is -3.17. The van der Waals surface area contributed by atoms with Crippen molar-refractivity contribution in [2.45, 2.75) is 12.6 Å². The molecule has 0 atom stereocenters. The molecule has 3 aromatic rings. The highest BCUT2D eigenvalue weighted by Gasteiger charge is 2.34. The Morgan fingerprint density at radius 3 is 2.74 bits per heavy atom. The van der Waals surface area contributed by atoms with Crippen LogP contribution in [-0.2, 0) is 19.6 Å². The second-order valence-electron chi connectivity index (χ2n) is 6.05. The number of aryl methyl sites for hydroxylation is 1. The number of nitrogens with one attached hydrogen (secondary N) is 1. The molecule has 7 nitrogen and oxygen atoms in total. The van der Waals surface area contributed by atoms with Gasteiger partial charge in [0, 0.05) is 30.7 Å². The van der Waals surface area contributed by atoms with Crippen LogP contribution in [0.3, 0.4) is 0 Å². The van der Waals surface area contributed by atoms with Crippen LogP contribution in [0, 0.1) is 0 Å². The lowest BCUT2D eigenvalue weighted by molar-refractivity contribution is -0.140. The lowest BCUT2D eigenvalue weighted by Gasteiger charge is -2.17. The average Bonchev–Trinajstić information content (AvgIpc) is 3.04. The second-order valence-corrected chi connectivity index (χ2v) is 6.05. The van der Waals surface area contributed by atoms with Crippen molar-refractivity contribution in [3.05, 3.63) is 47.9 Å². The third-order valence-electron chi connectivity index (χ3n) is 4.05. The van der Waals surface area contributed by atoms with Crippen molar-refractivity contribution in [2.75, 3.05) is 18.5 Å². The molecule has 0 spiro atoms. The first-order valence-electron chi connectivity index (χ1n) is 8.18. The fourth-order valence-electron chi connectivity index (χ4n) is 2.75. The van der Waals surface area contributed by atoms with Crippen LogP contribution in [0.2, 0.25) is 0 Å². The number of aromatic nitrogens is 5. The van der Waals surface area contributed by atoms with Gasteiger partial charge in [-0.25, -0.2) is 15.0 Å². The Bertz CT molecular complexity index is 968. The first-order valence-corrected chi connectivity index (χ1v) is 8.18. The zero-order valence-electron chi connectivity index (χ0n) is 14.3. The molecule has 0 aromatic carbocycles. The molecule has 0 saturated heterocycles. The molecular weight excluding hydrogens is 361 g/mol. The molecule has 0 amide bonds. The van der Waals surface area contributed by atoms with Gasteiger partial charge in [0.1, 0.15) is 18.3 Å². The minimum absolute atomic E-state index is 0.202. The van der Waals surface area contributed by atoms with E-state index >= 15 is 0 Å². The van der Waals surface area contributed by atoms with Crippen LogP contribution >= 0.6 is 0 Å². The number of nitrogens with zero attached hydrogens (tertiary/aromatic N) is 5. The third kappa shape index (κ3) is 3.55. The Balaban J connectivity index is 1.54. The molecular formula is C17H15F3N6O. The van der Waals surface area contributed by atoms with Crippen LogP contribution in [0.15, 0.2) is 30.7 Å². The summed E-state index contributed by atoms with van der Waals surface area (Å²) in [5.41, 5.74) is 0.264. The second kappa shape index (κ2) is 6.53. The summed E-state index contributed by atoms with van der Waals surface area (Å²) in [6, 6.07) is 3.41. The Kier molecular flexibility index (Phi) is 4.17. The zero-order valence-corrected chi connectivity index (χ0v) is 14.3. The van der Waals surface area contributed by atoms with E-state index in [1.165, 1.54) is 17.8 Å². The highest BCUT2D eigenvalue weighted by atomic mass is 19.4. The number of rotatable bonds is 3. The molecule has 4 heterocycles.